The summed E-state index contributed by atoms with van der Waals surface area (Å²) in [5.41, 5.74) is 5.55. The number of fused-ring (bicyclic) bond motifs is 1. The fourth-order valence-corrected chi connectivity index (χ4v) is 1.31. The molecule has 1 aromatic rings. The summed E-state index contributed by atoms with van der Waals surface area (Å²) in [4.78, 5) is 0. The first kappa shape index (κ1) is 6.40. The zero-order valence-corrected chi connectivity index (χ0v) is 6.41. The van der Waals surface area contributed by atoms with Crippen molar-refractivity contribution >= 4 is 6.21 Å². The molecule has 1 unspecified atom stereocenters. The van der Waals surface area contributed by atoms with Gasteiger partial charge < -0.3 is 5.43 Å². The Kier molecular flexibility index (Phi) is 1.39. The van der Waals surface area contributed by atoms with Gasteiger partial charge in [0.15, 0.2) is 0 Å². The highest BCUT2D eigenvalue weighted by Gasteiger charge is 2.10. The molecule has 11 heavy (non-hydrogen) atoms. The minimum absolute atomic E-state index is 0.344. The molecule has 1 heterocycles. The quantitative estimate of drug-likeness (QED) is 0.591. The van der Waals surface area contributed by atoms with Gasteiger partial charge in [-0.3, -0.25) is 0 Å². The van der Waals surface area contributed by atoms with Gasteiger partial charge in [0.1, 0.15) is 0 Å². The highest BCUT2D eigenvalue weighted by Crippen LogP contribution is 2.18. The summed E-state index contributed by atoms with van der Waals surface area (Å²) in [6.07, 6.45) is 1.86. The summed E-state index contributed by atoms with van der Waals surface area (Å²) < 4.78 is 0. The summed E-state index contributed by atoms with van der Waals surface area (Å²) in [5.74, 6) is 0. The van der Waals surface area contributed by atoms with Crippen LogP contribution in [0.3, 0.4) is 0 Å². The van der Waals surface area contributed by atoms with E-state index in [9.17, 15) is 0 Å². The number of hydrogen-bond acceptors (Lipinski definition) is 2. The van der Waals surface area contributed by atoms with Crippen LogP contribution < -0.4 is 5.43 Å². The van der Waals surface area contributed by atoms with Crippen LogP contribution in [0, 0.1) is 0 Å². The van der Waals surface area contributed by atoms with Gasteiger partial charge in [-0.05, 0) is 18.1 Å². The molecule has 2 nitrogen and oxygen atoms in total. The Morgan fingerprint density at radius 2 is 2.18 bits per heavy atom. The minimum atomic E-state index is 0.344. The molecule has 2 rings (SSSR count). The molecule has 1 aliphatic rings. The van der Waals surface area contributed by atoms with E-state index in [1.807, 2.05) is 12.3 Å². The first-order valence-corrected chi connectivity index (χ1v) is 3.75. The highest BCUT2D eigenvalue weighted by molar-refractivity contribution is 5.82. The third-order valence-electron chi connectivity index (χ3n) is 1.93. The summed E-state index contributed by atoms with van der Waals surface area (Å²) >= 11 is 0. The molecule has 0 bridgehead atoms. The van der Waals surface area contributed by atoms with Crippen molar-refractivity contribution in [2.75, 3.05) is 0 Å². The third kappa shape index (κ3) is 1.00. The van der Waals surface area contributed by atoms with E-state index in [1.165, 1.54) is 11.1 Å². The van der Waals surface area contributed by atoms with Crippen molar-refractivity contribution in [2.24, 2.45) is 5.10 Å². The molecule has 0 aromatic heterocycles. The monoisotopic (exact) mass is 146 g/mol. The lowest BCUT2D eigenvalue weighted by atomic mass is 10.0. The molecular weight excluding hydrogens is 136 g/mol. The number of nitrogens with zero attached hydrogens (tertiary/aromatic N) is 1. The van der Waals surface area contributed by atoms with Crippen molar-refractivity contribution in [3.8, 4) is 0 Å². The Balaban J connectivity index is 2.54. The van der Waals surface area contributed by atoms with Gasteiger partial charge in [-0.25, -0.2) is 0 Å². The van der Waals surface area contributed by atoms with Gasteiger partial charge in [0, 0.05) is 0 Å². The molecule has 0 saturated carbocycles. The van der Waals surface area contributed by atoms with Crippen molar-refractivity contribution in [1.82, 2.24) is 5.43 Å². The maximum atomic E-state index is 4.02. The van der Waals surface area contributed by atoms with E-state index in [-0.39, 0.29) is 0 Å². The van der Waals surface area contributed by atoms with Crippen LogP contribution in [0.15, 0.2) is 29.4 Å². The molecule has 0 amide bonds. The molecule has 1 atom stereocenters. The Hall–Kier alpha value is -1.31. The maximum absolute atomic E-state index is 4.02. The molecule has 1 N–H and O–H groups in total. The lowest BCUT2D eigenvalue weighted by Gasteiger charge is -2.17. The van der Waals surface area contributed by atoms with Crippen molar-refractivity contribution in [3.05, 3.63) is 35.4 Å². The van der Waals surface area contributed by atoms with E-state index in [4.69, 9.17) is 0 Å². The molecule has 56 valence electrons. The van der Waals surface area contributed by atoms with E-state index >= 15 is 0 Å². The van der Waals surface area contributed by atoms with E-state index in [2.05, 4.69) is 35.7 Å². The first-order valence-electron chi connectivity index (χ1n) is 3.75. The average molecular weight is 146 g/mol. The standard InChI is InChI=1S/C9H10N2/c1-7-9-5-3-2-4-8(9)6-10-11-7/h2-7,11H,1H3. The van der Waals surface area contributed by atoms with Crippen LogP contribution >= 0.6 is 0 Å². The van der Waals surface area contributed by atoms with Crippen molar-refractivity contribution in [2.45, 2.75) is 13.0 Å². The van der Waals surface area contributed by atoms with Crippen molar-refractivity contribution < 1.29 is 0 Å². The molecule has 2 heteroatoms. The normalized spacial score (nSPS) is 20.6. The Morgan fingerprint density at radius 1 is 1.36 bits per heavy atom. The second kappa shape index (κ2) is 2.38. The topological polar surface area (TPSA) is 24.4 Å². The molecule has 0 saturated heterocycles. The van der Waals surface area contributed by atoms with Gasteiger partial charge in [-0.2, -0.15) is 5.10 Å². The van der Waals surface area contributed by atoms with Crippen LogP contribution in [0.2, 0.25) is 0 Å². The van der Waals surface area contributed by atoms with Crippen LogP contribution in [0.1, 0.15) is 24.1 Å². The Bertz CT molecular complexity index is 291. The second-order valence-electron chi connectivity index (χ2n) is 2.74. The lowest BCUT2D eigenvalue weighted by Crippen LogP contribution is -2.18. The second-order valence-corrected chi connectivity index (χ2v) is 2.74. The van der Waals surface area contributed by atoms with Gasteiger partial charge in [0.2, 0.25) is 0 Å². The molecular formula is C9H10N2. The third-order valence-corrected chi connectivity index (χ3v) is 1.93. The van der Waals surface area contributed by atoms with Gasteiger partial charge in [-0.1, -0.05) is 24.3 Å². The van der Waals surface area contributed by atoms with Crippen LogP contribution in [0.25, 0.3) is 0 Å². The van der Waals surface area contributed by atoms with Crippen LogP contribution in [0.5, 0.6) is 0 Å². The summed E-state index contributed by atoms with van der Waals surface area (Å²) in [7, 11) is 0. The maximum Gasteiger partial charge on any atom is 0.0667 e. The molecule has 0 aliphatic carbocycles. The van der Waals surface area contributed by atoms with Gasteiger partial charge >= 0.3 is 0 Å². The SMILES string of the molecule is CC1NN=Cc2ccccc21. The number of nitrogens with one attached hydrogen (secondary N) is 1. The van der Waals surface area contributed by atoms with E-state index in [0.717, 1.165) is 0 Å². The fourth-order valence-electron chi connectivity index (χ4n) is 1.31. The zero-order chi connectivity index (χ0) is 7.68. The smallest absolute Gasteiger partial charge is 0.0667 e. The fraction of sp³-hybridized carbons (Fsp3) is 0.222. The van der Waals surface area contributed by atoms with Gasteiger partial charge in [0.25, 0.3) is 0 Å². The van der Waals surface area contributed by atoms with Gasteiger partial charge in [0.05, 0.1) is 12.3 Å². The minimum Gasteiger partial charge on any atom is -0.303 e. The zero-order valence-electron chi connectivity index (χ0n) is 6.41. The number of rotatable bonds is 0. The molecule has 1 aliphatic heterocycles. The van der Waals surface area contributed by atoms with Crippen LogP contribution in [0.4, 0.5) is 0 Å². The summed E-state index contributed by atoms with van der Waals surface area (Å²) in [5, 5.41) is 4.02. The average Bonchev–Trinajstić information content (AvgIpc) is 2.06. The van der Waals surface area contributed by atoms with E-state index in [0.29, 0.717) is 6.04 Å². The number of hydrogen-bond donors (Lipinski definition) is 1. The molecule has 1 aromatic carbocycles. The Labute approximate surface area is 65.9 Å². The van der Waals surface area contributed by atoms with Crippen molar-refractivity contribution in [1.29, 1.82) is 0 Å². The molecule has 0 fully saturated rings. The Morgan fingerprint density at radius 3 is 3.00 bits per heavy atom. The number of benzene rings is 1. The first-order chi connectivity index (χ1) is 5.38. The van der Waals surface area contributed by atoms with Crippen LogP contribution in [-0.4, -0.2) is 6.21 Å². The number of hydrazone groups is 1. The largest absolute Gasteiger partial charge is 0.303 e. The molecule has 0 radical (unpaired) electrons. The molecule has 0 spiro atoms. The predicted molar refractivity (Wildman–Crippen MR) is 45.6 cm³/mol. The van der Waals surface area contributed by atoms with E-state index < -0.39 is 0 Å². The predicted octanol–water partition coefficient (Wildman–Crippen LogP) is 1.68. The van der Waals surface area contributed by atoms with Crippen LogP contribution in [-0.2, 0) is 0 Å². The highest BCUT2D eigenvalue weighted by atomic mass is 15.3. The van der Waals surface area contributed by atoms with Gasteiger partial charge in [-0.15, -0.1) is 0 Å². The van der Waals surface area contributed by atoms with E-state index in [1.54, 1.807) is 0 Å². The summed E-state index contributed by atoms with van der Waals surface area (Å²) in [6, 6.07) is 8.63. The lowest BCUT2D eigenvalue weighted by molar-refractivity contribution is 0.598. The summed E-state index contributed by atoms with van der Waals surface area (Å²) in [6.45, 7) is 2.11. The van der Waals surface area contributed by atoms with Crippen molar-refractivity contribution in [3.63, 3.8) is 0 Å².